The average molecular weight is 293 g/mol. The molecule has 0 aliphatic carbocycles. The fraction of sp³-hybridized carbons (Fsp3) is 0.833. The van der Waals surface area contributed by atoms with Crippen molar-refractivity contribution in [3.05, 3.63) is 18.2 Å². The normalized spacial score (nSPS) is 12.7. The lowest BCUT2D eigenvalue weighted by molar-refractivity contribution is 0.476. The smallest absolute Gasteiger partial charge is 0.0946 e. The molecule has 1 aromatic rings. The molecule has 1 N–H and O–H groups in total. The number of hydrogen-bond donors (Lipinski definition) is 1. The summed E-state index contributed by atoms with van der Waals surface area (Å²) in [6.45, 7) is 2.28. The van der Waals surface area contributed by atoms with Gasteiger partial charge in [0.25, 0.3) is 0 Å². The van der Waals surface area contributed by atoms with Crippen molar-refractivity contribution in [1.29, 1.82) is 0 Å². The Kier molecular flexibility index (Phi) is 10.2. The molecule has 0 amide bonds. The third-order valence-electron chi connectivity index (χ3n) is 4.41. The van der Waals surface area contributed by atoms with Crippen molar-refractivity contribution in [1.82, 2.24) is 14.9 Å². The molecule has 0 radical (unpaired) electrons. The van der Waals surface area contributed by atoms with Gasteiger partial charge in [-0.25, -0.2) is 4.98 Å². The van der Waals surface area contributed by atoms with Crippen LogP contribution in [0.3, 0.4) is 0 Å². The molecule has 1 rings (SSSR count). The van der Waals surface area contributed by atoms with Crippen molar-refractivity contribution < 1.29 is 0 Å². The number of imidazole rings is 1. The highest BCUT2D eigenvalue weighted by Crippen LogP contribution is 2.19. The van der Waals surface area contributed by atoms with Crippen LogP contribution in [0.5, 0.6) is 0 Å². The van der Waals surface area contributed by atoms with Gasteiger partial charge >= 0.3 is 0 Å². The van der Waals surface area contributed by atoms with Gasteiger partial charge in [-0.05, 0) is 13.5 Å². The number of nitrogens with one attached hydrogen (secondary N) is 1. The van der Waals surface area contributed by atoms with Crippen LogP contribution >= 0.6 is 0 Å². The highest BCUT2D eigenvalue weighted by molar-refractivity contribution is 5.04. The first-order valence-corrected chi connectivity index (χ1v) is 8.93. The van der Waals surface area contributed by atoms with Crippen molar-refractivity contribution in [3.8, 4) is 0 Å². The summed E-state index contributed by atoms with van der Waals surface area (Å²) >= 11 is 0. The summed E-state index contributed by atoms with van der Waals surface area (Å²) in [7, 11) is 4.12. The quantitative estimate of drug-likeness (QED) is 0.519. The van der Waals surface area contributed by atoms with E-state index < -0.39 is 0 Å². The molecule has 0 fully saturated rings. The van der Waals surface area contributed by atoms with Gasteiger partial charge in [0, 0.05) is 19.3 Å². The predicted octanol–water partition coefficient (Wildman–Crippen LogP) is 4.99. The van der Waals surface area contributed by atoms with E-state index in [0.717, 1.165) is 0 Å². The highest BCUT2D eigenvalue weighted by Gasteiger charge is 2.11. The minimum atomic E-state index is 0.451. The Labute approximate surface area is 131 Å². The lowest BCUT2D eigenvalue weighted by Gasteiger charge is -2.16. The zero-order valence-electron chi connectivity index (χ0n) is 14.4. The Hall–Kier alpha value is -0.830. The van der Waals surface area contributed by atoms with E-state index in [0.29, 0.717) is 6.04 Å². The number of aromatic nitrogens is 2. The maximum absolute atomic E-state index is 4.21. The van der Waals surface area contributed by atoms with Crippen molar-refractivity contribution in [3.63, 3.8) is 0 Å². The molecule has 0 aliphatic rings. The maximum atomic E-state index is 4.21. The van der Waals surface area contributed by atoms with Crippen LogP contribution < -0.4 is 5.32 Å². The lowest BCUT2D eigenvalue weighted by Crippen LogP contribution is -2.18. The lowest BCUT2D eigenvalue weighted by atomic mass is 10.0. The van der Waals surface area contributed by atoms with Crippen LogP contribution in [0.25, 0.3) is 0 Å². The second kappa shape index (κ2) is 11.8. The van der Waals surface area contributed by atoms with Crippen LogP contribution in [0.2, 0.25) is 0 Å². The molecule has 21 heavy (non-hydrogen) atoms. The van der Waals surface area contributed by atoms with Crippen LogP contribution in [0, 0.1) is 0 Å². The van der Waals surface area contributed by atoms with Crippen molar-refractivity contribution >= 4 is 0 Å². The second-order valence-electron chi connectivity index (χ2n) is 6.24. The molecule has 0 saturated heterocycles. The Balaban J connectivity index is 1.99. The molecular weight excluding hydrogens is 258 g/mol. The van der Waals surface area contributed by atoms with Crippen molar-refractivity contribution in [2.75, 3.05) is 7.05 Å². The van der Waals surface area contributed by atoms with Gasteiger partial charge in [0.05, 0.1) is 12.0 Å². The van der Waals surface area contributed by atoms with Gasteiger partial charge < -0.3 is 9.88 Å². The summed E-state index contributed by atoms with van der Waals surface area (Å²) < 4.78 is 2.12. The molecule has 3 heteroatoms. The van der Waals surface area contributed by atoms with Crippen LogP contribution in [-0.2, 0) is 7.05 Å². The fourth-order valence-electron chi connectivity index (χ4n) is 2.98. The van der Waals surface area contributed by atoms with Crippen molar-refractivity contribution in [2.24, 2.45) is 7.05 Å². The van der Waals surface area contributed by atoms with Gasteiger partial charge in [-0.15, -0.1) is 0 Å². The highest BCUT2D eigenvalue weighted by atomic mass is 15.1. The molecule has 0 aliphatic heterocycles. The first-order chi connectivity index (χ1) is 10.3. The van der Waals surface area contributed by atoms with E-state index in [-0.39, 0.29) is 0 Å². The molecule has 1 heterocycles. The SMILES string of the molecule is CCCCCCCCCCCCC(NC)c1cncn1C. The molecule has 1 atom stereocenters. The van der Waals surface area contributed by atoms with E-state index >= 15 is 0 Å². The van der Waals surface area contributed by atoms with Gasteiger partial charge in [-0.3, -0.25) is 0 Å². The average Bonchev–Trinajstić information content (AvgIpc) is 2.91. The molecule has 1 aromatic heterocycles. The number of hydrogen-bond acceptors (Lipinski definition) is 2. The predicted molar refractivity (Wildman–Crippen MR) is 91.5 cm³/mol. The molecule has 0 spiro atoms. The summed E-state index contributed by atoms with van der Waals surface area (Å²) in [6.07, 6.45) is 19.1. The summed E-state index contributed by atoms with van der Waals surface area (Å²) in [4.78, 5) is 4.21. The number of aryl methyl sites for hydroxylation is 1. The van der Waals surface area contributed by atoms with Crippen LogP contribution in [0.4, 0.5) is 0 Å². The Morgan fingerprint density at radius 1 is 1.00 bits per heavy atom. The Morgan fingerprint density at radius 3 is 2.05 bits per heavy atom. The molecule has 122 valence electrons. The first kappa shape index (κ1) is 18.2. The third-order valence-corrected chi connectivity index (χ3v) is 4.41. The number of nitrogens with zero attached hydrogens (tertiary/aromatic N) is 2. The number of unbranched alkanes of at least 4 members (excludes halogenated alkanes) is 9. The summed E-state index contributed by atoms with van der Waals surface area (Å²) in [5.74, 6) is 0. The first-order valence-electron chi connectivity index (χ1n) is 8.93. The molecule has 0 bridgehead atoms. The van der Waals surface area contributed by atoms with Gasteiger partial charge in [0.15, 0.2) is 0 Å². The molecule has 1 unspecified atom stereocenters. The number of rotatable bonds is 13. The van der Waals surface area contributed by atoms with Crippen LogP contribution in [0.1, 0.15) is 89.3 Å². The van der Waals surface area contributed by atoms with E-state index in [9.17, 15) is 0 Å². The van der Waals surface area contributed by atoms with Gasteiger partial charge in [0.2, 0.25) is 0 Å². The van der Waals surface area contributed by atoms with E-state index in [4.69, 9.17) is 0 Å². The fourth-order valence-corrected chi connectivity index (χ4v) is 2.98. The van der Waals surface area contributed by atoms with Crippen LogP contribution in [0.15, 0.2) is 12.5 Å². The topological polar surface area (TPSA) is 29.9 Å². The zero-order chi connectivity index (χ0) is 15.3. The largest absolute Gasteiger partial charge is 0.336 e. The van der Waals surface area contributed by atoms with Gasteiger partial charge in [0.1, 0.15) is 0 Å². The summed E-state index contributed by atoms with van der Waals surface area (Å²) in [5.41, 5.74) is 1.30. The zero-order valence-corrected chi connectivity index (χ0v) is 14.4. The standard InChI is InChI=1S/C18H35N3/c1-4-5-6-7-8-9-10-11-12-13-14-17(19-2)18-15-20-16-21(18)3/h15-17,19H,4-14H2,1-3H3. The van der Waals surface area contributed by atoms with Gasteiger partial charge in [-0.1, -0.05) is 71.1 Å². The monoisotopic (exact) mass is 293 g/mol. The second-order valence-corrected chi connectivity index (χ2v) is 6.24. The summed E-state index contributed by atoms with van der Waals surface area (Å²) in [6, 6.07) is 0.451. The van der Waals surface area contributed by atoms with Gasteiger partial charge in [-0.2, -0.15) is 0 Å². The van der Waals surface area contributed by atoms with E-state index in [1.807, 2.05) is 19.6 Å². The Morgan fingerprint density at radius 2 is 1.57 bits per heavy atom. The minimum Gasteiger partial charge on any atom is -0.336 e. The molecular formula is C18H35N3. The molecule has 0 aromatic carbocycles. The van der Waals surface area contributed by atoms with E-state index in [1.165, 1.54) is 76.3 Å². The third kappa shape index (κ3) is 7.66. The maximum Gasteiger partial charge on any atom is 0.0946 e. The summed E-state index contributed by atoms with van der Waals surface area (Å²) in [5, 5.41) is 3.42. The van der Waals surface area contributed by atoms with Crippen molar-refractivity contribution in [2.45, 2.75) is 83.6 Å². The molecule has 0 saturated carbocycles. The minimum absolute atomic E-state index is 0.451. The molecule has 3 nitrogen and oxygen atoms in total. The van der Waals surface area contributed by atoms with E-state index in [2.05, 4.69) is 28.8 Å². The van der Waals surface area contributed by atoms with E-state index in [1.54, 1.807) is 0 Å². The Bertz CT molecular complexity index is 346. The van der Waals surface area contributed by atoms with Crippen LogP contribution in [-0.4, -0.2) is 16.6 Å².